The van der Waals surface area contributed by atoms with Crippen LogP contribution in [0.1, 0.15) is 31.8 Å². The van der Waals surface area contributed by atoms with Crippen molar-refractivity contribution in [2.75, 3.05) is 19.0 Å². The van der Waals surface area contributed by atoms with Crippen LogP contribution in [-0.4, -0.2) is 74.3 Å². The molecule has 1 aliphatic carbocycles. The van der Waals surface area contributed by atoms with E-state index in [0.717, 1.165) is 12.8 Å². The fourth-order valence-electron chi connectivity index (χ4n) is 4.38. The fraction of sp³-hybridized carbons (Fsp3) is 0.462. The normalized spacial score (nSPS) is 26.2. The standard InChI is InChI=1S/C26H30FN6O7P/c1-5-26(27)21(34)19(13-38-41(36,32-15(2)24(35)37-4)40-18-9-7-6-8-10-18)39-25(26)33-14-28-20-22(31-17-11-12-17)29-16(3)30-23(20)33/h1,6-10,14-15,17,19,21,25,34H,11-13H2,2-4H3,(H,32,36)(H,29,30,31)/t15-,19+,21+,25+,26+,41+/m0/s1. The lowest BCUT2D eigenvalue weighted by molar-refractivity contribution is -0.142. The van der Waals surface area contributed by atoms with Crippen LogP contribution < -0.4 is 14.9 Å². The highest BCUT2D eigenvalue weighted by Crippen LogP contribution is 2.48. The van der Waals surface area contributed by atoms with Crippen LogP contribution in [0.2, 0.25) is 0 Å². The Kier molecular flexibility index (Phi) is 8.00. The number of methoxy groups -OCH3 is 1. The quantitative estimate of drug-likeness (QED) is 0.171. The molecule has 41 heavy (non-hydrogen) atoms. The Labute approximate surface area is 235 Å². The van der Waals surface area contributed by atoms with Crippen LogP contribution in [0.15, 0.2) is 36.7 Å². The van der Waals surface area contributed by atoms with Crippen molar-refractivity contribution in [3.8, 4) is 18.1 Å². The monoisotopic (exact) mass is 588 g/mol. The zero-order valence-corrected chi connectivity index (χ0v) is 23.5. The molecule has 3 heterocycles. The third-order valence-corrected chi connectivity index (χ3v) is 8.30. The van der Waals surface area contributed by atoms with Crippen molar-refractivity contribution in [2.24, 2.45) is 0 Å². The molecule has 1 saturated carbocycles. The lowest BCUT2D eigenvalue weighted by Gasteiger charge is -2.24. The minimum absolute atomic E-state index is 0.171. The first kappa shape index (κ1) is 28.9. The fourth-order valence-corrected chi connectivity index (χ4v) is 5.88. The first-order chi connectivity index (χ1) is 19.6. The molecule has 13 nitrogen and oxygen atoms in total. The van der Waals surface area contributed by atoms with Crippen LogP contribution in [0, 0.1) is 19.3 Å². The van der Waals surface area contributed by atoms with Gasteiger partial charge in [0, 0.05) is 6.04 Å². The summed E-state index contributed by atoms with van der Waals surface area (Å²) in [5, 5.41) is 16.7. The molecule has 0 spiro atoms. The van der Waals surface area contributed by atoms with Gasteiger partial charge in [-0.15, -0.1) is 6.42 Å². The van der Waals surface area contributed by atoms with Crippen molar-refractivity contribution in [3.63, 3.8) is 0 Å². The molecule has 1 saturated heterocycles. The van der Waals surface area contributed by atoms with Crippen molar-refractivity contribution in [1.29, 1.82) is 0 Å². The van der Waals surface area contributed by atoms with Crippen LogP contribution >= 0.6 is 7.75 Å². The number of benzene rings is 1. The predicted octanol–water partition coefficient (Wildman–Crippen LogP) is 2.66. The summed E-state index contributed by atoms with van der Waals surface area (Å²) in [6.07, 6.45) is 4.03. The van der Waals surface area contributed by atoms with Crippen LogP contribution in [0.5, 0.6) is 5.75 Å². The molecule has 1 aliphatic heterocycles. The summed E-state index contributed by atoms with van der Waals surface area (Å²) in [7, 11) is -3.13. The molecule has 0 bridgehead atoms. The second-order valence-electron chi connectivity index (χ2n) is 9.82. The summed E-state index contributed by atoms with van der Waals surface area (Å²) in [4.78, 5) is 25.2. The topological polar surface area (TPSA) is 159 Å². The van der Waals surface area contributed by atoms with Gasteiger partial charge in [0.05, 0.1) is 20.0 Å². The average molecular weight is 589 g/mol. The predicted molar refractivity (Wildman–Crippen MR) is 145 cm³/mol. The second kappa shape index (κ2) is 11.3. The highest BCUT2D eigenvalue weighted by Gasteiger charge is 2.58. The van der Waals surface area contributed by atoms with Gasteiger partial charge in [0.15, 0.2) is 23.2 Å². The van der Waals surface area contributed by atoms with Gasteiger partial charge < -0.3 is 24.4 Å². The molecule has 6 atom stereocenters. The third-order valence-electron chi connectivity index (χ3n) is 6.66. The minimum atomic E-state index is -4.30. The molecule has 218 valence electrons. The van der Waals surface area contributed by atoms with Gasteiger partial charge in [-0.1, -0.05) is 24.1 Å². The number of nitrogens with one attached hydrogen (secondary N) is 2. The van der Waals surface area contributed by atoms with Crippen molar-refractivity contribution in [2.45, 2.75) is 62.9 Å². The second-order valence-corrected chi connectivity index (χ2v) is 11.5. The summed E-state index contributed by atoms with van der Waals surface area (Å²) in [5.41, 5.74) is -2.09. The number of carbonyl (C=O) groups is 1. The molecule has 0 radical (unpaired) electrons. The first-order valence-corrected chi connectivity index (χ1v) is 14.4. The number of imidazole rings is 1. The van der Waals surface area contributed by atoms with Gasteiger partial charge in [-0.2, -0.15) is 5.09 Å². The number of esters is 1. The number of aliphatic hydroxyl groups excluding tert-OH is 1. The molecule has 5 rings (SSSR count). The van der Waals surface area contributed by atoms with Crippen LogP contribution in [-0.2, 0) is 23.4 Å². The van der Waals surface area contributed by atoms with E-state index in [1.165, 1.54) is 37.1 Å². The highest BCUT2D eigenvalue weighted by molar-refractivity contribution is 7.52. The van der Waals surface area contributed by atoms with Gasteiger partial charge >= 0.3 is 13.7 Å². The maximum absolute atomic E-state index is 16.2. The number of ether oxygens (including phenoxy) is 2. The van der Waals surface area contributed by atoms with Crippen LogP contribution in [0.25, 0.3) is 11.2 Å². The number of nitrogens with zero attached hydrogens (tertiary/aromatic N) is 4. The number of halogens is 1. The number of aliphatic hydroxyl groups is 1. The van der Waals surface area contributed by atoms with E-state index in [1.807, 2.05) is 5.92 Å². The number of carbonyl (C=O) groups excluding carboxylic acids is 1. The molecule has 15 heteroatoms. The van der Waals surface area contributed by atoms with E-state index in [1.54, 1.807) is 25.1 Å². The van der Waals surface area contributed by atoms with E-state index in [0.29, 0.717) is 17.2 Å². The van der Waals surface area contributed by atoms with Gasteiger partial charge in [-0.3, -0.25) is 13.9 Å². The van der Waals surface area contributed by atoms with Gasteiger partial charge in [-0.05, 0) is 38.8 Å². The smallest absolute Gasteiger partial charge is 0.459 e. The number of aromatic nitrogens is 4. The number of terminal acetylenes is 1. The Morgan fingerprint density at radius 1 is 1.37 bits per heavy atom. The maximum Gasteiger partial charge on any atom is 0.459 e. The molecular formula is C26H30FN6O7P. The number of hydrogen-bond acceptors (Lipinski definition) is 11. The lowest BCUT2D eigenvalue weighted by Crippen LogP contribution is -2.42. The van der Waals surface area contributed by atoms with Crippen molar-refractivity contribution in [3.05, 3.63) is 42.5 Å². The Hall–Kier alpha value is -3.60. The van der Waals surface area contributed by atoms with Gasteiger partial charge in [0.1, 0.15) is 29.8 Å². The molecule has 3 N–H and O–H groups in total. The van der Waals surface area contributed by atoms with E-state index < -0.39 is 50.5 Å². The number of anilines is 1. The Morgan fingerprint density at radius 2 is 2.10 bits per heavy atom. The number of rotatable bonds is 11. The van der Waals surface area contributed by atoms with E-state index in [4.69, 9.17) is 20.2 Å². The van der Waals surface area contributed by atoms with Crippen LogP contribution in [0.3, 0.4) is 0 Å². The highest BCUT2D eigenvalue weighted by atomic mass is 31.2. The molecule has 3 aromatic rings. The van der Waals surface area contributed by atoms with Crippen molar-refractivity contribution in [1.82, 2.24) is 24.6 Å². The summed E-state index contributed by atoms with van der Waals surface area (Å²) < 4.78 is 52.9. The van der Waals surface area contributed by atoms with Crippen molar-refractivity contribution >= 4 is 30.7 Å². The van der Waals surface area contributed by atoms with Crippen LogP contribution in [0.4, 0.5) is 10.2 Å². The minimum Gasteiger partial charge on any atom is -0.468 e. The molecule has 2 aromatic heterocycles. The van der Waals surface area contributed by atoms with E-state index in [9.17, 15) is 14.5 Å². The molecule has 1 aromatic carbocycles. The lowest BCUT2D eigenvalue weighted by atomic mass is 9.97. The number of para-hydroxylation sites is 1. The summed E-state index contributed by atoms with van der Waals surface area (Å²) >= 11 is 0. The number of hydrogen-bond donors (Lipinski definition) is 3. The largest absolute Gasteiger partial charge is 0.468 e. The zero-order chi connectivity index (χ0) is 29.4. The molecule has 2 fully saturated rings. The number of alkyl halides is 1. The summed E-state index contributed by atoms with van der Waals surface area (Å²) in [6.45, 7) is 2.47. The molecule has 0 unspecified atom stereocenters. The summed E-state index contributed by atoms with van der Waals surface area (Å²) in [6, 6.07) is 7.26. The molecule has 0 amide bonds. The van der Waals surface area contributed by atoms with Gasteiger partial charge in [0.25, 0.3) is 0 Å². The zero-order valence-electron chi connectivity index (χ0n) is 22.6. The van der Waals surface area contributed by atoms with E-state index in [2.05, 4.69) is 30.1 Å². The average Bonchev–Trinajstić information content (AvgIpc) is 3.62. The Bertz CT molecular complexity index is 1510. The summed E-state index contributed by atoms with van der Waals surface area (Å²) in [5.74, 6) is 2.37. The third kappa shape index (κ3) is 5.91. The molecular weight excluding hydrogens is 558 g/mol. The Morgan fingerprint density at radius 3 is 2.76 bits per heavy atom. The molecule has 2 aliphatic rings. The number of aryl methyl sites for hydroxylation is 1. The maximum atomic E-state index is 16.2. The SMILES string of the molecule is C#C[C@@]1(F)[C@H](O)[C@@H](CO[P@](=O)(N[C@@H](C)C(=O)OC)Oc2ccccc2)O[C@H]1n1cnc2c(NC3CC3)nc(C)nc21. The number of fused-ring (bicyclic) bond motifs is 1. The van der Waals surface area contributed by atoms with Gasteiger partial charge in [0.2, 0.25) is 5.67 Å². The Balaban J connectivity index is 1.40. The van der Waals surface area contributed by atoms with E-state index in [-0.39, 0.29) is 17.4 Å². The van der Waals surface area contributed by atoms with E-state index >= 15 is 4.39 Å². The van der Waals surface area contributed by atoms with Crippen molar-refractivity contribution < 1.29 is 37.4 Å². The van der Waals surface area contributed by atoms with Gasteiger partial charge in [-0.25, -0.2) is 23.9 Å². The first-order valence-electron chi connectivity index (χ1n) is 12.9.